The third kappa shape index (κ3) is 4.95. The van der Waals surface area contributed by atoms with Crippen LogP contribution in [0.2, 0.25) is 0 Å². The van der Waals surface area contributed by atoms with Gasteiger partial charge < -0.3 is 14.8 Å². The molecule has 0 amide bonds. The highest BCUT2D eigenvalue weighted by Crippen LogP contribution is 2.28. The number of unbranched alkanes of at least 4 members (excludes halogenated alkanes) is 2. The second-order valence-electron chi connectivity index (χ2n) is 5.11. The van der Waals surface area contributed by atoms with Crippen molar-refractivity contribution < 1.29 is 9.47 Å². The van der Waals surface area contributed by atoms with Crippen LogP contribution in [0.15, 0.2) is 42.6 Å². The molecular formula is C18H24N2O2. The summed E-state index contributed by atoms with van der Waals surface area (Å²) in [4.78, 5) is 4.24. The normalized spacial score (nSPS) is 10.3. The highest BCUT2D eigenvalue weighted by atomic mass is 16.5. The monoisotopic (exact) mass is 300 g/mol. The van der Waals surface area contributed by atoms with Crippen molar-refractivity contribution in [2.45, 2.75) is 32.7 Å². The van der Waals surface area contributed by atoms with E-state index < -0.39 is 0 Å². The SMILES string of the molecule is CCCCCOc1ccc(CNc2ccccn2)cc1OC. The Kier molecular flexibility index (Phi) is 6.55. The molecule has 1 aromatic heterocycles. The molecule has 0 radical (unpaired) electrons. The van der Waals surface area contributed by atoms with Gasteiger partial charge in [-0.1, -0.05) is 31.9 Å². The Balaban J connectivity index is 1.93. The summed E-state index contributed by atoms with van der Waals surface area (Å²) in [7, 11) is 1.67. The number of benzene rings is 1. The van der Waals surface area contributed by atoms with Crippen molar-refractivity contribution in [2.24, 2.45) is 0 Å². The van der Waals surface area contributed by atoms with Crippen molar-refractivity contribution in [1.82, 2.24) is 4.98 Å². The number of pyridine rings is 1. The van der Waals surface area contributed by atoms with Gasteiger partial charge in [-0.05, 0) is 36.2 Å². The van der Waals surface area contributed by atoms with E-state index in [0.29, 0.717) is 6.54 Å². The minimum Gasteiger partial charge on any atom is -0.493 e. The number of rotatable bonds is 9. The molecule has 4 nitrogen and oxygen atoms in total. The molecule has 1 heterocycles. The van der Waals surface area contributed by atoms with Gasteiger partial charge >= 0.3 is 0 Å². The van der Waals surface area contributed by atoms with E-state index in [4.69, 9.17) is 9.47 Å². The molecule has 1 N–H and O–H groups in total. The Morgan fingerprint density at radius 3 is 2.73 bits per heavy atom. The first kappa shape index (κ1) is 16.1. The first-order valence-corrected chi connectivity index (χ1v) is 7.78. The Hall–Kier alpha value is -2.23. The molecule has 0 aliphatic heterocycles. The highest BCUT2D eigenvalue weighted by molar-refractivity contribution is 5.44. The fraction of sp³-hybridized carbons (Fsp3) is 0.389. The Morgan fingerprint density at radius 2 is 2.00 bits per heavy atom. The summed E-state index contributed by atoms with van der Waals surface area (Å²) in [6, 6.07) is 11.8. The molecule has 22 heavy (non-hydrogen) atoms. The van der Waals surface area contributed by atoms with Gasteiger partial charge in [-0.25, -0.2) is 4.98 Å². The average Bonchev–Trinajstić information content (AvgIpc) is 2.58. The zero-order valence-electron chi connectivity index (χ0n) is 13.3. The third-order valence-electron chi connectivity index (χ3n) is 3.37. The number of ether oxygens (including phenoxy) is 2. The minimum atomic E-state index is 0.698. The summed E-state index contributed by atoms with van der Waals surface area (Å²) < 4.78 is 11.2. The van der Waals surface area contributed by atoms with Crippen LogP contribution in [-0.2, 0) is 6.54 Å². The number of aromatic nitrogens is 1. The molecule has 0 spiro atoms. The lowest BCUT2D eigenvalue weighted by Crippen LogP contribution is -2.03. The van der Waals surface area contributed by atoms with Crippen LogP contribution in [0.1, 0.15) is 31.7 Å². The molecule has 0 bridgehead atoms. The van der Waals surface area contributed by atoms with Crippen molar-refractivity contribution >= 4 is 5.82 Å². The van der Waals surface area contributed by atoms with E-state index in [1.807, 2.05) is 36.4 Å². The lowest BCUT2D eigenvalue weighted by atomic mass is 10.2. The van der Waals surface area contributed by atoms with Crippen LogP contribution in [0.5, 0.6) is 11.5 Å². The van der Waals surface area contributed by atoms with Gasteiger partial charge in [-0.2, -0.15) is 0 Å². The molecule has 4 heteroatoms. The smallest absolute Gasteiger partial charge is 0.161 e. The van der Waals surface area contributed by atoms with Gasteiger partial charge in [-0.15, -0.1) is 0 Å². The van der Waals surface area contributed by atoms with Crippen molar-refractivity contribution in [1.29, 1.82) is 0 Å². The van der Waals surface area contributed by atoms with Crippen molar-refractivity contribution in [3.8, 4) is 11.5 Å². The Morgan fingerprint density at radius 1 is 1.09 bits per heavy atom. The Bertz CT molecular complexity index is 558. The van der Waals surface area contributed by atoms with Crippen LogP contribution in [0.4, 0.5) is 5.82 Å². The van der Waals surface area contributed by atoms with E-state index in [0.717, 1.165) is 35.9 Å². The summed E-state index contributed by atoms with van der Waals surface area (Å²) in [5.74, 6) is 2.44. The maximum Gasteiger partial charge on any atom is 0.161 e. The van der Waals surface area contributed by atoms with Crippen molar-refractivity contribution in [3.63, 3.8) is 0 Å². The van der Waals surface area contributed by atoms with Crippen LogP contribution >= 0.6 is 0 Å². The molecule has 1 aromatic carbocycles. The van der Waals surface area contributed by atoms with Crippen molar-refractivity contribution in [2.75, 3.05) is 19.0 Å². The number of nitrogens with one attached hydrogen (secondary N) is 1. The van der Waals surface area contributed by atoms with Gasteiger partial charge in [0.15, 0.2) is 11.5 Å². The Labute approximate surface area is 132 Å². The fourth-order valence-electron chi connectivity index (χ4n) is 2.14. The topological polar surface area (TPSA) is 43.4 Å². The lowest BCUT2D eigenvalue weighted by Gasteiger charge is -2.12. The van der Waals surface area contributed by atoms with Gasteiger partial charge in [0.1, 0.15) is 5.82 Å². The van der Waals surface area contributed by atoms with Crippen molar-refractivity contribution in [3.05, 3.63) is 48.2 Å². The molecule has 2 rings (SSSR count). The molecule has 2 aromatic rings. The summed E-state index contributed by atoms with van der Waals surface area (Å²) in [6.07, 6.45) is 5.23. The number of nitrogens with zero attached hydrogens (tertiary/aromatic N) is 1. The molecular weight excluding hydrogens is 276 g/mol. The molecule has 118 valence electrons. The zero-order chi connectivity index (χ0) is 15.6. The van der Waals surface area contributed by atoms with Crippen LogP contribution in [-0.4, -0.2) is 18.7 Å². The first-order valence-electron chi connectivity index (χ1n) is 7.78. The van der Waals surface area contributed by atoms with E-state index in [1.54, 1.807) is 13.3 Å². The van der Waals surface area contributed by atoms with Crippen LogP contribution in [0.3, 0.4) is 0 Å². The fourth-order valence-corrected chi connectivity index (χ4v) is 2.14. The summed E-state index contributed by atoms with van der Waals surface area (Å²) in [5, 5.41) is 3.28. The van der Waals surface area contributed by atoms with E-state index in [-0.39, 0.29) is 0 Å². The van der Waals surface area contributed by atoms with Gasteiger partial charge in [-0.3, -0.25) is 0 Å². The molecule has 0 aliphatic carbocycles. The highest BCUT2D eigenvalue weighted by Gasteiger charge is 2.06. The molecule has 0 fully saturated rings. The third-order valence-corrected chi connectivity index (χ3v) is 3.37. The van der Waals surface area contributed by atoms with Crippen LogP contribution in [0.25, 0.3) is 0 Å². The van der Waals surface area contributed by atoms with E-state index in [2.05, 4.69) is 17.2 Å². The standard InChI is InChI=1S/C18H24N2O2/c1-3-4-7-12-22-16-10-9-15(13-17(16)21-2)14-20-18-8-5-6-11-19-18/h5-6,8-11,13H,3-4,7,12,14H2,1-2H3,(H,19,20). The second kappa shape index (κ2) is 8.93. The number of hydrogen-bond acceptors (Lipinski definition) is 4. The quantitative estimate of drug-likeness (QED) is 0.702. The molecule has 0 aliphatic rings. The summed E-state index contributed by atoms with van der Waals surface area (Å²) in [5.41, 5.74) is 1.13. The van der Waals surface area contributed by atoms with Crippen LogP contribution < -0.4 is 14.8 Å². The predicted molar refractivity (Wildman–Crippen MR) is 89.6 cm³/mol. The maximum atomic E-state index is 5.79. The van der Waals surface area contributed by atoms with Crippen LogP contribution in [0, 0.1) is 0 Å². The second-order valence-corrected chi connectivity index (χ2v) is 5.11. The van der Waals surface area contributed by atoms with Gasteiger partial charge in [0.25, 0.3) is 0 Å². The van der Waals surface area contributed by atoms with Gasteiger partial charge in [0.2, 0.25) is 0 Å². The molecule has 0 saturated carbocycles. The number of hydrogen-bond donors (Lipinski definition) is 1. The largest absolute Gasteiger partial charge is 0.493 e. The van der Waals surface area contributed by atoms with Gasteiger partial charge in [0, 0.05) is 12.7 Å². The maximum absolute atomic E-state index is 5.79. The van der Waals surface area contributed by atoms with E-state index in [1.165, 1.54) is 12.8 Å². The zero-order valence-corrected chi connectivity index (χ0v) is 13.3. The summed E-state index contributed by atoms with van der Waals surface area (Å²) in [6.45, 7) is 3.61. The molecule has 0 atom stereocenters. The van der Waals surface area contributed by atoms with E-state index in [9.17, 15) is 0 Å². The molecule has 0 saturated heterocycles. The predicted octanol–water partition coefficient (Wildman–Crippen LogP) is 4.27. The summed E-state index contributed by atoms with van der Waals surface area (Å²) >= 11 is 0. The average molecular weight is 300 g/mol. The minimum absolute atomic E-state index is 0.698. The number of anilines is 1. The van der Waals surface area contributed by atoms with Gasteiger partial charge in [0.05, 0.1) is 13.7 Å². The molecule has 0 unspecified atom stereocenters. The van der Waals surface area contributed by atoms with E-state index >= 15 is 0 Å². The first-order chi connectivity index (χ1) is 10.8. The number of methoxy groups -OCH3 is 1. The lowest BCUT2D eigenvalue weighted by molar-refractivity contribution is 0.286.